The van der Waals surface area contributed by atoms with E-state index in [1.165, 1.54) is 4.31 Å². The minimum Gasteiger partial charge on any atom is -0.480 e. The Hall–Kier alpha value is -1.40. The van der Waals surface area contributed by atoms with Crippen molar-refractivity contribution in [2.24, 2.45) is 0 Å². The summed E-state index contributed by atoms with van der Waals surface area (Å²) >= 11 is 0. The van der Waals surface area contributed by atoms with Crippen LogP contribution in [0.3, 0.4) is 0 Å². The Bertz CT molecular complexity index is 565. The molecule has 5 nitrogen and oxygen atoms in total. The van der Waals surface area contributed by atoms with Gasteiger partial charge in [-0.05, 0) is 18.4 Å². The van der Waals surface area contributed by atoms with Gasteiger partial charge in [-0.2, -0.15) is 4.31 Å². The van der Waals surface area contributed by atoms with Crippen molar-refractivity contribution in [3.05, 3.63) is 35.9 Å². The average molecular weight is 311 g/mol. The van der Waals surface area contributed by atoms with Crippen molar-refractivity contribution in [1.29, 1.82) is 0 Å². The van der Waals surface area contributed by atoms with E-state index in [9.17, 15) is 13.2 Å². The molecule has 0 atom stereocenters. The number of hydrogen-bond donors (Lipinski definition) is 1. The second-order valence-corrected chi connectivity index (χ2v) is 7.39. The van der Waals surface area contributed by atoms with Crippen LogP contribution in [0.1, 0.15) is 37.7 Å². The Morgan fingerprint density at radius 3 is 2.33 bits per heavy atom. The van der Waals surface area contributed by atoms with E-state index in [1.54, 1.807) is 24.3 Å². The Balaban J connectivity index is 2.19. The molecule has 0 spiro atoms. The summed E-state index contributed by atoms with van der Waals surface area (Å²) in [5.74, 6) is -1.24. The predicted octanol–water partition coefficient (Wildman–Crippen LogP) is 2.24. The second-order valence-electron chi connectivity index (χ2n) is 5.47. The van der Waals surface area contributed by atoms with Crippen LogP contribution in [0.15, 0.2) is 30.3 Å². The van der Waals surface area contributed by atoms with E-state index < -0.39 is 22.5 Å². The molecule has 0 bridgehead atoms. The first-order valence-corrected chi connectivity index (χ1v) is 8.85. The molecule has 116 valence electrons. The minimum atomic E-state index is -3.62. The van der Waals surface area contributed by atoms with Crippen molar-refractivity contribution in [1.82, 2.24) is 4.31 Å². The van der Waals surface area contributed by atoms with Crippen molar-refractivity contribution in [2.75, 3.05) is 6.54 Å². The normalized spacial score (nSPS) is 17.0. The number of hydrogen-bond acceptors (Lipinski definition) is 3. The first-order chi connectivity index (χ1) is 9.99. The van der Waals surface area contributed by atoms with Crippen LogP contribution in [0.5, 0.6) is 0 Å². The maximum absolute atomic E-state index is 12.6. The first kappa shape index (κ1) is 16.0. The molecule has 0 aliphatic heterocycles. The fourth-order valence-corrected chi connectivity index (χ4v) is 4.58. The molecule has 1 aromatic rings. The second kappa shape index (κ2) is 7.04. The number of carboxylic acid groups (broad SMARTS) is 1. The van der Waals surface area contributed by atoms with E-state index in [0.29, 0.717) is 5.56 Å². The fourth-order valence-electron chi connectivity index (χ4n) is 2.82. The summed E-state index contributed by atoms with van der Waals surface area (Å²) in [6.07, 6.45) is 4.52. The molecule has 0 aromatic heterocycles. The van der Waals surface area contributed by atoms with Gasteiger partial charge in [0.05, 0.1) is 5.75 Å². The molecule has 6 heteroatoms. The number of nitrogens with zero attached hydrogens (tertiary/aromatic N) is 1. The molecule has 0 amide bonds. The van der Waals surface area contributed by atoms with Crippen LogP contribution in [-0.4, -0.2) is 36.4 Å². The lowest BCUT2D eigenvalue weighted by atomic mass is 9.95. The van der Waals surface area contributed by atoms with Gasteiger partial charge in [-0.25, -0.2) is 8.42 Å². The zero-order valence-corrected chi connectivity index (χ0v) is 12.8. The van der Waals surface area contributed by atoms with Gasteiger partial charge in [0, 0.05) is 6.04 Å². The van der Waals surface area contributed by atoms with Crippen LogP contribution in [0.4, 0.5) is 0 Å². The smallest absolute Gasteiger partial charge is 0.318 e. The van der Waals surface area contributed by atoms with E-state index in [0.717, 1.165) is 32.1 Å². The highest BCUT2D eigenvalue weighted by Crippen LogP contribution is 2.26. The van der Waals surface area contributed by atoms with Gasteiger partial charge in [0.25, 0.3) is 0 Å². The maximum Gasteiger partial charge on any atom is 0.318 e. The van der Waals surface area contributed by atoms with E-state index in [4.69, 9.17) is 5.11 Å². The molecule has 1 fully saturated rings. The van der Waals surface area contributed by atoms with E-state index in [2.05, 4.69) is 0 Å². The van der Waals surface area contributed by atoms with Gasteiger partial charge in [-0.15, -0.1) is 0 Å². The van der Waals surface area contributed by atoms with Crippen molar-refractivity contribution in [2.45, 2.75) is 43.9 Å². The molecule has 1 saturated carbocycles. The lowest BCUT2D eigenvalue weighted by molar-refractivity contribution is -0.137. The topological polar surface area (TPSA) is 74.7 Å². The standard InChI is InChI=1S/C15H21NO4S/c17-15(18)11-16(14-9-5-2-6-10-14)21(19,20)12-13-7-3-1-4-8-13/h1,3-4,7-8,14H,2,5-6,9-12H2,(H,17,18). The van der Waals surface area contributed by atoms with Gasteiger partial charge in [-0.3, -0.25) is 4.79 Å². The minimum absolute atomic E-state index is 0.141. The van der Waals surface area contributed by atoms with E-state index in [1.807, 2.05) is 6.07 Å². The summed E-state index contributed by atoms with van der Waals surface area (Å²) in [5, 5.41) is 9.04. The molecule has 1 aliphatic carbocycles. The molecule has 0 radical (unpaired) electrons. The molecule has 0 heterocycles. The Morgan fingerprint density at radius 2 is 1.76 bits per heavy atom. The largest absolute Gasteiger partial charge is 0.480 e. The molecule has 0 saturated heterocycles. The highest BCUT2D eigenvalue weighted by atomic mass is 32.2. The van der Waals surface area contributed by atoms with Crippen LogP contribution < -0.4 is 0 Å². The molecular weight excluding hydrogens is 290 g/mol. The number of sulfonamides is 1. The lowest BCUT2D eigenvalue weighted by Gasteiger charge is -2.32. The van der Waals surface area contributed by atoms with Crippen LogP contribution in [-0.2, 0) is 20.6 Å². The molecule has 1 aromatic carbocycles. The van der Waals surface area contributed by atoms with E-state index >= 15 is 0 Å². The van der Waals surface area contributed by atoms with Gasteiger partial charge in [0.2, 0.25) is 10.0 Å². The van der Waals surface area contributed by atoms with Gasteiger partial charge < -0.3 is 5.11 Å². The monoisotopic (exact) mass is 311 g/mol. The Kier molecular flexibility index (Phi) is 5.36. The van der Waals surface area contributed by atoms with Crippen molar-refractivity contribution < 1.29 is 18.3 Å². The average Bonchev–Trinajstić information content (AvgIpc) is 2.46. The number of rotatable bonds is 6. The van der Waals surface area contributed by atoms with Crippen molar-refractivity contribution in [3.8, 4) is 0 Å². The summed E-state index contributed by atoms with van der Waals surface area (Å²) in [4.78, 5) is 11.0. The Morgan fingerprint density at radius 1 is 1.14 bits per heavy atom. The molecule has 2 rings (SSSR count). The van der Waals surface area contributed by atoms with Gasteiger partial charge in [0.1, 0.15) is 6.54 Å². The van der Waals surface area contributed by atoms with Crippen LogP contribution in [0.2, 0.25) is 0 Å². The zero-order chi connectivity index (χ0) is 15.3. The summed E-state index contributed by atoms with van der Waals surface area (Å²) in [5.41, 5.74) is 0.684. The predicted molar refractivity (Wildman–Crippen MR) is 80.3 cm³/mol. The third-order valence-electron chi connectivity index (χ3n) is 3.82. The zero-order valence-electron chi connectivity index (χ0n) is 11.9. The lowest BCUT2D eigenvalue weighted by Crippen LogP contribution is -2.44. The third-order valence-corrected chi connectivity index (χ3v) is 5.66. The number of carbonyl (C=O) groups is 1. The number of carboxylic acids is 1. The summed E-state index contributed by atoms with van der Waals surface area (Å²) in [7, 11) is -3.62. The van der Waals surface area contributed by atoms with Crippen LogP contribution >= 0.6 is 0 Å². The third kappa shape index (κ3) is 4.54. The quantitative estimate of drug-likeness (QED) is 0.874. The van der Waals surface area contributed by atoms with Crippen molar-refractivity contribution >= 4 is 16.0 Å². The maximum atomic E-state index is 12.6. The first-order valence-electron chi connectivity index (χ1n) is 7.24. The molecule has 1 aliphatic rings. The van der Waals surface area contributed by atoms with Crippen molar-refractivity contribution in [3.63, 3.8) is 0 Å². The fraction of sp³-hybridized carbons (Fsp3) is 0.533. The Labute approximate surface area is 125 Å². The SMILES string of the molecule is O=C(O)CN(C1CCCCC1)S(=O)(=O)Cc1ccccc1. The summed E-state index contributed by atoms with van der Waals surface area (Å²) in [6, 6.07) is 8.71. The molecule has 21 heavy (non-hydrogen) atoms. The van der Waals surface area contributed by atoms with Crippen LogP contribution in [0.25, 0.3) is 0 Å². The van der Waals surface area contributed by atoms with Gasteiger partial charge >= 0.3 is 5.97 Å². The van der Waals surface area contributed by atoms with Gasteiger partial charge in [0.15, 0.2) is 0 Å². The summed E-state index contributed by atoms with van der Waals surface area (Å²) < 4.78 is 26.4. The molecule has 0 unspecified atom stereocenters. The highest BCUT2D eigenvalue weighted by molar-refractivity contribution is 7.88. The van der Waals surface area contributed by atoms with Gasteiger partial charge in [-0.1, -0.05) is 49.6 Å². The molecular formula is C15H21NO4S. The number of benzene rings is 1. The highest BCUT2D eigenvalue weighted by Gasteiger charge is 2.32. The molecule has 1 N–H and O–H groups in total. The van der Waals surface area contributed by atoms with Crippen LogP contribution in [0, 0.1) is 0 Å². The van der Waals surface area contributed by atoms with E-state index in [-0.39, 0.29) is 11.8 Å². The summed E-state index contributed by atoms with van der Waals surface area (Å²) in [6.45, 7) is -0.445. The number of aliphatic carboxylic acids is 1.